The minimum Gasteiger partial charge on any atom is -0.381 e. The van der Waals surface area contributed by atoms with Crippen molar-refractivity contribution < 1.29 is 19.1 Å². The number of nitrogens with one attached hydrogen (secondary N) is 2. The summed E-state index contributed by atoms with van der Waals surface area (Å²) in [5.74, 6) is 0.418. The van der Waals surface area contributed by atoms with E-state index in [1.165, 1.54) is 32.1 Å². The molecule has 2 N–H and O–H groups in total. The fourth-order valence-electron chi connectivity index (χ4n) is 5.87. The molecule has 2 heterocycles. The summed E-state index contributed by atoms with van der Waals surface area (Å²) in [6, 6.07) is 8.15. The van der Waals surface area contributed by atoms with Gasteiger partial charge >= 0.3 is 0 Å². The number of methoxy groups -OCH3 is 1. The predicted molar refractivity (Wildman–Crippen MR) is 160 cm³/mol. The molecule has 2 aromatic rings. The van der Waals surface area contributed by atoms with E-state index >= 15 is 0 Å². The Bertz CT molecular complexity index is 1200. The number of rotatable bonds is 8. The number of aromatic nitrogens is 1. The average Bonchev–Trinajstić information content (AvgIpc) is 3.24. The molecule has 4 rings (SSSR count). The van der Waals surface area contributed by atoms with Crippen molar-refractivity contribution in [2.75, 3.05) is 20.3 Å². The molecule has 0 radical (unpaired) electrons. The molecule has 7 nitrogen and oxygen atoms in total. The summed E-state index contributed by atoms with van der Waals surface area (Å²) in [6.07, 6.45) is 7.89. The lowest BCUT2D eigenvalue weighted by Gasteiger charge is -2.27. The smallest absolute Gasteiger partial charge is 0.253 e. The summed E-state index contributed by atoms with van der Waals surface area (Å²) < 4.78 is 13.6. The first kappa shape index (κ1) is 30.3. The van der Waals surface area contributed by atoms with E-state index < -0.39 is 5.60 Å². The lowest BCUT2D eigenvalue weighted by molar-refractivity contribution is 0.0192. The molecule has 220 valence electrons. The molecular weight excluding hydrogens is 502 g/mol. The van der Waals surface area contributed by atoms with Gasteiger partial charge in [0.2, 0.25) is 0 Å². The Hall–Kier alpha value is -2.64. The first-order chi connectivity index (χ1) is 18.9. The van der Waals surface area contributed by atoms with Gasteiger partial charge in [-0.05, 0) is 109 Å². The molecule has 1 aliphatic heterocycles. The average molecular weight is 552 g/mol. The number of hydrogen-bond donors (Lipinski definition) is 2. The molecule has 2 fully saturated rings. The van der Waals surface area contributed by atoms with Crippen LogP contribution in [0.4, 0.5) is 0 Å². The van der Waals surface area contributed by atoms with Crippen LogP contribution < -0.4 is 10.6 Å². The third-order valence-electron chi connectivity index (χ3n) is 8.52. The Morgan fingerprint density at radius 1 is 0.950 bits per heavy atom. The second kappa shape index (κ2) is 12.5. The van der Waals surface area contributed by atoms with Crippen molar-refractivity contribution in [2.24, 2.45) is 5.92 Å². The van der Waals surface area contributed by atoms with E-state index in [2.05, 4.69) is 28.2 Å². The highest BCUT2D eigenvalue weighted by Crippen LogP contribution is 2.35. The molecule has 1 aromatic heterocycles. The Morgan fingerprint density at radius 3 is 2.25 bits per heavy atom. The fraction of sp³-hybridized carbons (Fsp3) is 0.636. The van der Waals surface area contributed by atoms with Gasteiger partial charge in [0.1, 0.15) is 0 Å². The van der Waals surface area contributed by atoms with Gasteiger partial charge in [0.05, 0.1) is 11.2 Å². The Balaban J connectivity index is 1.80. The van der Waals surface area contributed by atoms with Crippen LogP contribution in [0.15, 0.2) is 24.3 Å². The molecule has 1 aromatic carbocycles. The van der Waals surface area contributed by atoms with E-state index in [0.717, 1.165) is 41.9 Å². The largest absolute Gasteiger partial charge is 0.381 e. The first-order valence-corrected chi connectivity index (χ1v) is 15.0. The standard InChI is InChI=1S/C33H49N3O4/c1-22-28(31(38)34-27-13-15-40-16-14-27)20-29(36(22)21-23-11-9-8-10-12-23)24-17-25(30(37)35-32(2,3)4)19-26(18-24)33(5,6)39-7/h17-20,23,27H,8-16,21H2,1-7H3,(H,34,38)(H,35,37). The lowest BCUT2D eigenvalue weighted by Crippen LogP contribution is -2.40. The van der Waals surface area contributed by atoms with Crippen molar-refractivity contribution in [1.82, 2.24) is 15.2 Å². The van der Waals surface area contributed by atoms with Crippen LogP contribution in [-0.4, -0.2) is 48.3 Å². The second-order valence-corrected chi connectivity index (χ2v) is 13.2. The molecule has 1 aliphatic carbocycles. The van der Waals surface area contributed by atoms with Crippen LogP contribution in [0.3, 0.4) is 0 Å². The number of carbonyl (C=O) groups is 2. The van der Waals surface area contributed by atoms with Crippen LogP contribution >= 0.6 is 0 Å². The molecule has 40 heavy (non-hydrogen) atoms. The zero-order valence-corrected chi connectivity index (χ0v) is 25.6. The van der Waals surface area contributed by atoms with Gasteiger partial charge in [-0.15, -0.1) is 0 Å². The maximum atomic E-state index is 13.6. The topological polar surface area (TPSA) is 81.6 Å². The number of carbonyl (C=O) groups excluding carboxylic acids is 2. The van der Waals surface area contributed by atoms with Gasteiger partial charge in [0, 0.05) is 55.4 Å². The summed E-state index contributed by atoms with van der Waals surface area (Å²) in [6.45, 7) is 14.3. The quantitative estimate of drug-likeness (QED) is 0.400. The van der Waals surface area contributed by atoms with E-state index in [4.69, 9.17) is 9.47 Å². The van der Waals surface area contributed by atoms with Gasteiger partial charge in [-0.25, -0.2) is 0 Å². The SMILES string of the molecule is COC(C)(C)c1cc(C(=O)NC(C)(C)C)cc(-c2cc(C(=O)NC3CCOCC3)c(C)n2CC2CCCCC2)c1. The molecule has 2 amide bonds. The maximum Gasteiger partial charge on any atom is 0.253 e. The van der Waals surface area contributed by atoms with E-state index in [1.54, 1.807) is 7.11 Å². The number of ether oxygens (including phenoxy) is 2. The minimum absolute atomic E-state index is 0.0351. The number of benzene rings is 1. The minimum atomic E-state index is -0.591. The maximum absolute atomic E-state index is 13.6. The van der Waals surface area contributed by atoms with Crippen molar-refractivity contribution in [3.63, 3.8) is 0 Å². The van der Waals surface area contributed by atoms with Crippen LogP contribution in [0, 0.1) is 12.8 Å². The summed E-state index contributed by atoms with van der Waals surface area (Å²) in [4.78, 5) is 27.0. The number of amides is 2. The van der Waals surface area contributed by atoms with Crippen LogP contribution in [0.1, 0.15) is 112 Å². The van der Waals surface area contributed by atoms with Crippen LogP contribution in [0.2, 0.25) is 0 Å². The third-order valence-corrected chi connectivity index (χ3v) is 8.52. The molecule has 0 spiro atoms. The Labute approximate surface area is 240 Å². The van der Waals surface area contributed by atoms with Gasteiger partial charge < -0.3 is 24.7 Å². The highest BCUT2D eigenvalue weighted by molar-refractivity contribution is 5.98. The molecule has 0 atom stereocenters. The molecule has 2 aliphatic rings. The summed E-state index contributed by atoms with van der Waals surface area (Å²) in [5, 5.41) is 6.37. The van der Waals surface area contributed by atoms with Gasteiger partial charge in [0.15, 0.2) is 0 Å². The monoisotopic (exact) mass is 551 g/mol. The van der Waals surface area contributed by atoms with E-state index in [9.17, 15) is 9.59 Å². The molecular formula is C33H49N3O4. The highest BCUT2D eigenvalue weighted by atomic mass is 16.5. The predicted octanol–water partition coefficient (Wildman–Crippen LogP) is 6.36. The van der Waals surface area contributed by atoms with Gasteiger partial charge in [0.25, 0.3) is 11.8 Å². The molecule has 0 unspecified atom stereocenters. The molecule has 7 heteroatoms. The zero-order chi connectivity index (χ0) is 29.1. The summed E-state index contributed by atoms with van der Waals surface area (Å²) in [7, 11) is 1.69. The van der Waals surface area contributed by atoms with Crippen LogP contribution in [0.5, 0.6) is 0 Å². The Morgan fingerprint density at radius 2 is 1.62 bits per heavy atom. The Kier molecular flexibility index (Phi) is 9.46. The molecule has 0 bridgehead atoms. The van der Waals surface area contributed by atoms with E-state index in [1.807, 2.05) is 52.8 Å². The van der Waals surface area contributed by atoms with E-state index in [0.29, 0.717) is 30.3 Å². The summed E-state index contributed by atoms with van der Waals surface area (Å²) >= 11 is 0. The third kappa shape index (κ3) is 7.35. The zero-order valence-electron chi connectivity index (χ0n) is 25.6. The van der Waals surface area contributed by atoms with Crippen molar-refractivity contribution in [2.45, 2.75) is 110 Å². The fourth-order valence-corrected chi connectivity index (χ4v) is 5.87. The van der Waals surface area contributed by atoms with Gasteiger partial charge in [-0.3, -0.25) is 9.59 Å². The summed E-state index contributed by atoms with van der Waals surface area (Å²) in [5.41, 5.74) is 4.12. The van der Waals surface area contributed by atoms with Crippen LogP contribution in [-0.2, 0) is 21.6 Å². The van der Waals surface area contributed by atoms with Gasteiger partial charge in [-0.2, -0.15) is 0 Å². The number of nitrogens with zero attached hydrogens (tertiary/aromatic N) is 1. The highest BCUT2D eigenvalue weighted by Gasteiger charge is 2.28. The van der Waals surface area contributed by atoms with Gasteiger partial charge in [-0.1, -0.05) is 19.3 Å². The first-order valence-electron chi connectivity index (χ1n) is 15.0. The van der Waals surface area contributed by atoms with E-state index in [-0.39, 0.29) is 23.4 Å². The van der Waals surface area contributed by atoms with Crippen molar-refractivity contribution in [3.8, 4) is 11.3 Å². The lowest BCUT2D eigenvalue weighted by atomic mass is 9.89. The molecule has 1 saturated carbocycles. The van der Waals surface area contributed by atoms with Crippen molar-refractivity contribution >= 4 is 11.8 Å². The van der Waals surface area contributed by atoms with Crippen molar-refractivity contribution in [3.05, 3.63) is 46.6 Å². The second-order valence-electron chi connectivity index (χ2n) is 13.2. The van der Waals surface area contributed by atoms with Crippen LogP contribution in [0.25, 0.3) is 11.3 Å². The number of hydrogen-bond acceptors (Lipinski definition) is 4. The molecule has 1 saturated heterocycles. The normalized spacial score (nSPS) is 17.6. The van der Waals surface area contributed by atoms with Crippen molar-refractivity contribution in [1.29, 1.82) is 0 Å².